The van der Waals surface area contributed by atoms with Crippen LogP contribution in [0.5, 0.6) is 0 Å². The molecule has 0 spiro atoms. The molecular weight excluding hydrogens is 364 g/mol. The van der Waals surface area contributed by atoms with E-state index in [0.717, 1.165) is 51.8 Å². The molecule has 0 atom stereocenters. The summed E-state index contributed by atoms with van der Waals surface area (Å²) in [6.07, 6.45) is 5.77. The van der Waals surface area contributed by atoms with Crippen molar-refractivity contribution in [2.75, 3.05) is 0 Å². The molecule has 110 valence electrons. The van der Waals surface area contributed by atoms with E-state index < -0.39 is 26.8 Å². The van der Waals surface area contributed by atoms with Crippen molar-refractivity contribution in [2.24, 2.45) is 0 Å². The van der Waals surface area contributed by atoms with E-state index in [-0.39, 0.29) is 0 Å². The van der Waals surface area contributed by atoms with Crippen molar-refractivity contribution in [1.29, 1.82) is 0 Å². The minimum absolute atomic E-state index is 0.795. The van der Waals surface area contributed by atoms with Gasteiger partial charge in [-0.3, -0.25) is 0 Å². The van der Waals surface area contributed by atoms with Crippen molar-refractivity contribution in [3.05, 3.63) is 0 Å². The predicted octanol–water partition coefficient (Wildman–Crippen LogP) is 6.40. The quantitative estimate of drug-likeness (QED) is 0.301. The Morgan fingerprint density at radius 2 is 1.22 bits per heavy atom. The third-order valence-corrected chi connectivity index (χ3v) is 19.8. The molecule has 0 fully saturated rings. The van der Waals surface area contributed by atoms with Gasteiger partial charge in [0.2, 0.25) is 0 Å². The Morgan fingerprint density at radius 3 is 1.44 bits per heavy atom. The van der Waals surface area contributed by atoms with E-state index in [4.69, 9.17) is 2.86 Å². The van der Waals surface area contributed by atoms with Gasteiger partial charge in [0, 0.05) is 0 Å². The first-order valence-electron chi connectivity index (χ1n) is 7.09. The van der Waals surface area contributed by atoms with Gasteiger partial charge in [0.25, 0.3) is 0 Å². The molecule has 0 aromatic carbocycles. The Morgan fingerprint density at radius 1 is 0.889 bits per heavy atom. The monoisotopic (exact) mass is 392 g/mol. The summed E-state index contributed by atoms with van der Waals surface area (Å²) in [4.78, 5) is 0. The van der Waals surface area contributed by atoms with E-state index in [9.17, 15) is 13.0 Å². The Bertz CT molecular complexity index is 237. The fourth-order valence-corrected chi connectivity index (χ4v) is 19.8. The van der Waals surface area contributed by atoms with E-state index in [0.29, 0.717) is 0 Å². The van der Waals surface area contributed by atoms with Crippen LogP contribution in [-0.4, -0.2) is 18.8 Å². The second-order valence-corrected chi connectivity index (χ2v) is 18.6. The molecule has 0 rings (SSSR count). The van der Waals surface area contributed by atoms with Crippen molar-refractivity contribution in [1.82, 2.24) is 0 Å². The van der Waals surface area contributed by atoms with Gasteiger partial charge in [-0.25, -0.2) is 0 Å². The van der Waals surface area contributed by atoms with Gasteiger partial charge in [0.05, 0.1) is 0 Å². The molecule has 0 heterocycles. The topological polar surface area (TPSA) is 26.3 Å². The van der Waals surface area contributed by atoms with Gasteiger partial charge in [-0.1, -0.05) is 0 Å². The summed E-state index contributed by atoms with van der Waals surface area (Å²) in [5.74, 6) is 0. The minimum atomic E-state index is -5.31. The molecular formula is C12H27F2O2PSn. The van der Waals surface area contributed by atoms with E-state index in [1.165, 1.54) is 0 Å². The van der Waals surface area contributed by atoms with Crippen LogP contribution in [0.15, 0.2) is 0 Å². The summed E-state index contributed by atoms with van der Waals surface area (Å²) in [6, 6.07) is 0. The summed E-state index contributed by atoms with van der Waals surface area (Å²) in [5, 5.41) is 0. The standard InChI is InChI=1S/3C4H9.F2HO2P.Sn/c3*1-3-4-2;1-5(2,3)4;/h3*1,3-4H2,2H3;(H,3,4);/q;;;;+1/p-1. The van der Waals surface area contributed by atoms with Crippen molar-refractivity contribution < 1.29 is 15.8 Å². The van der Waals surface area contributed by atoms with Gasteiger partial charge in [-0.15, -0.1) is 0 Å². The van der Waals surface area contributed by atoms with Gasteiger partial charge in [-0.05, 0) is 0 Å². The van der Waals surface area contributed by atoms with Crippen LogP contribution in [0.25, 0.3) is 0 Å². The second kappa shape index (κ2) is 9.71. The molecule has 18 heavy (non-hydrogen) atoms. The van der Waals surface area contributed by atoms with Gasteiger partial charge in [0.1, 0.15) is 0 Å². The molecule has 0 saturated heterocycles. The van der Waals surface area contributed by atoms with E-state index >= 15 is 0 Å². The number of rotatable bonds is 11. The van der Waals surface area contributed by atoms with E-state index in [1.807, 2.05) is 0 Å². The molecule has 6 heteroatoms. The molecule has 0 aliphatic rings. The third-order valence-electron chi connectivity index (χ3n) is 3.26. The van der Waals surface area contributed by atoms with Crippen LogP contribution in [0, 0.1) is 0 Å². The summed E-state index contributed by atoms with van der Waals surface area (Å²) in [6.45, 7) is 6.17. The van der Waals surface area contributed by atoms with Crippen LogP contribution in [0.3, 0.4) is 0 Å². The van der Waals surface area contributed by atoms with Gasteiger partial charge < -0.3 is 0 Å². The molecule has 0 aliphatic carbocycles. The zero-order valence-corrected chi connectivity index (χ0v) is 15.6. The molecule has 0 aliphatic heterocycles. The van der Waals surface area contributed by atoms with Gasteiger partial charge in [0.15, 0.2) is 0 Å². The molecule has 0 radical (unpaired) electrons. The summed E-state index contributed by atoms with van der Waals surface area (Å²) in [5.41, 5.74) is 0. The average molecular weight is 391 g/mol. The molecule has 0 aromatic heterocycles. The molecule has 0 unspecified atom stereocenters. The normalized spacial score (nSPS) is 12.9. The summed E-state index contributed by atoms with van der Waals surface area (Å²) in [7, 11) is -5.31. The first-order chi connectivity index (χ1) is 8.39. The maximum atomic E-state index is 12.9. The number of halogens is 2. The Balaban J connectivity index is 4.78. The molecule has 0 aromatic rings. The molecule has 0 N–H and O–H groups in total. The average Bonchev–Trinajstić information content (AvgIpc) is 2.29. The SMILES string of the molecule is CCC[CH2][Sn]([CH2]CCC)([CH2]CCC)[O]P(=O)(F)F. The number of unbranched alkanes of at least 4 members (excludes halogenated alkanes) is 3. The Hall–Kier alpha value is 0.849. The zero-order chi connectivity index (χ0) is 14.1. The van der Waals surface area contributed by atoms with Crippen molar-refractivity contribution in [3.8, 4) is 0 Å². The van der Waals surface area contributed by atoms with Crippen LogP contribution in [-0.2, 0) is 7.43 Å². The first kappa shape index (κ1) is 18.8. The third kappa shape index (κ3) is 8.87. The fourth-order valence-electron chi connectivity index (χ4n) is 2.23. The maximum absolute atomic E-state index is 12.9. The molecule has 0 amide bonds. The second-order valence-electron chi connectivity index (χ2n) is 5.00. The van der Waals surface area contributed by atoms with Gasteiger partial charge >= 0.3 is 115 Å². The Labute approximate surface area is 115 Å². The van der Waals surface area contributed by atoms with E-state index in [2.05, 4.69) is 20.8 Å². The van der Waals surface area contributed by atoms with Crippen LogP contribution in [0.1, 0.15) is 59.3 Å². The van der Waals surface area contributed by atoms with Crippen LogP contribution in [0.2, 0.25) is 13.3 Å². The van der Waals surface area contributed by atoms with Crippen molar-refractivity contribution >= 4 is 26.8 Å². The predicted molar refractivity (Wildman–Crippen MR) is 75.8 cm³/mol. The molecule has 2 nitrogen and oxygen atoms in total. The summed E-state index contributed by atoms with van der Waals surface area (Å²) >= 11 is -3.34. The van der Waals surface area contributed by atoms with Gasteiger partial charge in [-0.2, -0.15) is 0 Å². The van der Waals surface area contributed by atoms with E-state index in [1.54, 1.807) is 0 Å². The zero-order valence-electron chi connectivity index (χ0n) is 11.9. The van der Waals surface area contributed by atoms with Crippen LogP contribution in [0.4, 0.5) is 8.39 Å². The summed E-state index contributed by atoms with van der Waals surface area (Å²) < 4.78 is 43.9. The Kier molecular flexibility index (Phi) is 10.2. The van der Waals surface area contributed by atoms with Crippen LogP contribution < -0.4 is 0 Å². The van der Waals surface area contributed by atoms with Crippen molar-refractivity contribution in [3.63, 3.8) is 0 Å². The van der Waals surface area contributed by atoms with Crippen molar-refractivity contribution in [2.45, 2.75) is 72.6 Å². The van der Waals surface area contributed by atoms with Crippen LogP contribution >= 0.6 is 7.99 Å². The number of hydrogen-bond donors (Lipinski definition) is 0. The fraction of sp³-hybridized carbons (Fsp3) is 1.00. The molecule has 0 saturated carbocycles. The number of hydrogen-bond acceptors (Lipinski definition) is 2. The first-order valence-corrected chi connectivity index (χ1v) is 15.7. The molecule has 0 bridgehead atoms.